The summed E-state index contributed by atoms with van der Waals surface area (Å²) in [7, 11) is 0. The molecule has 2 bridgehead atoms. The Morgan fingerprint density at radius 3 is 2.55 bits per heavy atom. The molecule has 3 aliphatic rings. The third-order valence-corrected chi connectivity index (χ3v) is 7.59. The third kappa shape index (κ3) is 3.54. The molecule has 3 heterocycles. The van der Waals surface area contributed by atoms with E-state index in [9.17, 15) is 19.5 Å². The van der Waals surface area contributed by atoms with Crippen molar-refractivity contribution in [1.82, 2.24) is 4.90 Å². The van der Waals surface area contributed by atoms with Gasteiger partial charge in [0, 0.05) is 5.69 Å². The maximum Gasteiger partial charge on any atom is 0.312 e. The number of likely N-dealkylation sites (tertiary alicyclic amines) is 1. The number of ether oxygens (including phenoxy) is 2. The van der Waals surface area contributed by atoms with Gasteiger partial charge in [-0.05, 0) is 50.7 Å². The Morgan fingerprint density at radius 2 is 1.97 bits per heavy atom. The topological polar surface area (TPSA) is 105 Å². The van der Waals surface area contributed by atoms with Crippen molar-refractivity contribution in [3.8, 4) is 0 Å². The minimum absolute atomic E-state index is 0.0945. The normalized spacial score (nSPS) is 31.1. The third-order valence-electron chi connectivity index (χ3n) is 7.59. The number of rotatable bonds is 7. The van der Waals surface area contributed by atoms with Crippen LogP contribution in [0.4, 0.5) is 5.69 Å². The Hall–Kier alpha value is -2.45. The smallest absolute Gasteiger partial charge is 0.312 e. The Morgan fingerprint density at radius 1 is 1.30 bits per heavy atom. The van der Waals surface area contributed by atoms with Crippen LogP contribution < -0.4 is 5.32 Å². The molecule has 2 N–H and O–H groups in total. The van der Waals surface area contributed by atoms with Gasteiger partial charge in [0.05, 0.1) is 37.2 Å². The van der Waals surface area contributed by atoms with Crippen LogP contribution in [-0.2, 0) is 23.9 Å². The van der Waals surface area contributed by atoms with Gasteiger partial charge in [0.1, 0.15) is 11.6 Å². The molecule has 2 amide bonds. The number of fused-ring (bicyclic) bond motifs is 1. The van der Waals surface area contributed by atoms with Crippen molar-refractivity contribution < 1.29 is 29.0 Å². The average Bonchev–Trinajstić information content (AvgIpc) is 3.39. The molecule has 0 radical (unpaired) electrons. The zero-order valence-electron chi connectivity index (χ0n) is 20.0. The molecule has 33 heavy (non-hydrogen) atoms. The lowest BCUT2D eigenvalue weighted by Crippen LogP contribution is -2.57. The summed E-state index contributed by atoms with van der Waals surface area (Å²) in [5.41, 5.74) is 1.42. The second-order valence-electron chi connectivity index (χ2n) is 9.80. The summed E-state index contributed by atoms with van der Waals surface area (Å²) in [5, 5.41) is 13.2. The molecule has 3 saturated heterocycles. The van der Waals surface area contributed by atoms with E-state index in [0.717, 1.165) is 11.1 Å². The average molecular weight is 459 g/mol. The van der Waals surface area contributed by atoms with Crippen molar-refractivity contribution in [1.29, 1.82) is 0 Å². The largest absolute Gasteiger partial charge is 0.466 e. The summed E-state index contributed by atoms with van der Waals surface area (Å²) < 4.78 is 11.6. The first-order chi connectivity index (χ1) is 15.7. The highest BCUT2D eigenvalue weighted by molar-refractivity contribution is 6.04. The van der Waals surface area contributed by atoms with E-state index < -0.39 is 41.6 Å². The number of hydrogen-bond acceptors (Lipinski definition) is 6. The number of nitrogens with one attached hydrogen (secondary N) is 1. The van der Waals surface area contributed by atoms with E-state index in [-0.39, 0.29) is 30.9 Å². The summed E-state index contributed by atoms with van der Waals surface area (Å²) in [6.07, 6.45) is 0.642. The van der Waals surface area contributed by atoms with E-state index in [4.69, 9.17) is 9.47 Å². The highest BCUT2D eigenvalue weighted by Gasteiger charge is 2.75. The number of esters is 1. The number of aryl methyl sites for hydroxylation is 2. The fraction of sp³-hybridized carbons (Fsp3) is 0.640. The number of carbonyl (C=O) groups excluding carboxylic acids is 3. The molecular weight excluding hydrogens is 424 g/mol. The Bertz CT molecular complexity index is 942. The summed E-state index contributed by atoms with van der Waals surface area (Å²) in [5.74, 6) is -2.75. The molecule has 1 aromatic rings. The fourth-order valence-electron chi connectivity index (χ4n) is 6.08. The van der Waals surface area contributed by atoms with Crippen molar-refractivity contribution in [2.24, 2.45) is 17.8 Å². The zero-order chi connectivity index (χ0) is 24.1. The van der Waals surface area contributed by atoms with Crippen LogP contribution >= 0.6 is 0 Å². The van der Waals surface area contributed by atoms with Crippen LogP contribution in [0.3, 0.4) is 0 Å². The van der Waals surface area contributed by atoms with Crippen molar-refractivity contribution in [3.05, 3.63) is 29.3 Å². The van der Waals surface area contributed by atoms with Crippen LogP contribution in [0, 0.1) is 31.6 Å². The van der Waals surface area contributed by atoms with Gasteiger partial charge in [-0.1, -0.05) is 32.0 Å². The van der Waals surface area contributed by atoms with Gasteiger partial charge in [0.15, 0.2) is 0 Å². The quantitative estimate of drug-likeness (QED) is 0.607. The van der Waals surface area contributed by atoms with Crippen LogP contribution in [0.25, 0.3) is 0 Å². The number of carbonyl (C=O) groups is 3. The molecule has 3 fully saturated rings. The summed E-state index contributed by atoms with van der Waals surface area (Å²) >= 11 is 0. The first-order valence-corrected chi connectivity index (χ1v) is 11.8. The molecular formula is C25H34N2O6. The van der Waals surface area contributed by atoms with Crippen LogP contribution in [0.2, 0.25) is 0 Å². The standard InChI is InChI=1S/C25H34N2O6/c1-6-32-24(31)18-17-10-11-25(33-17)19(18)23(30)27(16(12-28)13(2)3)21(25)22(29)26-20-14(4)8-7-9-15(20)5/h7-9,13,16-19,21,28H,6,10-12H2,1-5H3,(H,26,29)/t16-,17+,18-,19-,21+,25-/m0/s1. The molecule has 3 aliphatic heterocycles. The van der Waals surface area contributed by atoms with E-state index in [1.54, 1.807) is 6.92 Å². The maximum atomic E-state index is 13.9. The van der Waals surface area contributed by atoms with E-state index in [2.05, 4.69) is 5.32 Å². The fourth-order valence-corrected chi connectivity index (χ4v) is 6.08. The molecule has 0 aromatic heterocycles. The summed E-state index contributed by atoms with van der Waals surface area (Å²) in [4.78, 5) is 42.0. The van der Waals surface area contributed by atoms with Crippen molar-refractivity contribution in [3.63, 3.8) is 0 Å². The van der Waals surface area contributed by atoms with Gasteiger partial charge in [0.25, 0.3) is 0 Å². The second-order valence-corrected chi connectivity index (χ2v) is 9.80. The lowest BCUT2D eigenvalue weighted by molar-refractivity contribution is -0.155. The number of amides is 2. The van der Waals surface area contributed by atoms with Gasteiger partial charge >= 0.3 is 5.97 Å². The van der Waals surface area contributed by atoms with Crippen LogP contribution in [0.1, 0.15) is 44.7 Å². The molecule has 6 atom stereocenters. The molecule has 1 spiro atoms. The highest BCUT2D eigenvalue weighted by Crippen LogP contribution is 2.59. The van der Waals surface area contributed by atoms with E-state index in [1.807, 2.05) is 45.9 Å². The lowest BCUT2D eigenvalue weighted by Gasteiger charge is -2.38. The first-order valence-electron chi connectivity index (χ1n) is 11.8. The molecule has 0 saturated carbocycles. The predicted octanol–water partition coefficient (Wildman–Crippen LogP) is 2.20. The second kappa shape index (κ2) is 8.72. The summed E-state index contributed by atoms with van der Waals surface area (Å²) in [6.45, 7) is 9.30. The van der Waals surface area contributed by atoms with Gasteiger partial charge in [0.2, 0.25) is 11.8 Å². The number of benzene rings is 1. The molecule has 0 aliphatic carbocycles. The molecule has 180 valence electrons. The van der Waals surface area contributed by atoms with E-state index in [0.29, 0.717) is 18.5 Å². The number of aliphatic hydroxyl groups excluding tert-OH is 1. The van der Waals surface area contributed by atoms with E-state index in [1.165, 1.54) is 4.90 Å². The molecule has 4 rings (SSSR count). The Labute approximate surface area is 194 Å². The van der Waals surface area contributed by atoms with Gasteiger partial charge in [-0.2, -0.15) is 0 Å². The number of anilines is 1. The highest BCUT2D eigenvalue weighted by atomic mass is 16.6. The number of aliphatic hydroxyl groups is 1. The first kappa shape index (κ1) is 23.7. The monoisotopic (exact) mass is 458 g/mol. The van der Waals surface area contributed by atoms with Crippen LogP contribution in [0.5, 0.6) is 0 Å². The van der Waals surface area contributed by atoms with Crippen molar-refractivity contribution in [2.45, 2.75) is 71.2 Å². The minimum Gasteiger partial charge on any atom is -0.466 e. The molecule has 8 nitrogen and oxygen atoms in total. The molecule has 8 heteroatoms. The molecule has 1 aromatic carbocycles. The van der Waals surface area contributed by atoms with Crippen LogP contribution in [0.15, 0.2) is 18.2 Å². The number of nitrogens with zero attached hydrogens (tertiary/aromatic N) is 1. The zero-order valence-corrected chi connectivity index (χ0v) is 20.0. The summed E-state index contributed by atoms with van der Waals surface area (Å²) in [6, 6.07) is 4.24. The predicted molar refractivity (Wildman–Crippen MR) is 121 cm³/mol. The van der Waals surface area contributed by atoms with Gasteiger partial charge in [-0.3, -0.25) is 14.4 Å². The Balaban J connectivity index is 1.78. The SMILES string of the molecule is CCOC(=O)[C@@H]1[C@H]2C(=O)N([C@@H](CO)C(C)C)[C@H](C(=O)Nc3c(C)cccc3C)[C@]23CC[C@H]1O3. The Kier molecular flexibility index (Phi) is 6.26. The van der Waals surface area contributed by atoms with Crippen LogP contribution in [-0.4, -0.2) is 64.8 Å². The van der Waals surface area contributed by atoms with Crippen molar-refractivity contribution >= 4 is 23.5 Å². The maximum absolute atomic E-state index is 13.9. The lowest BCUT2D eigenvalue weighted by atomic mass is 9.70. The van der Waals surface area contributed by atoms with Gasteiger partial charge in [-0.25, -0.2) is 0 Å². The van der Waals surface area contributed by atoms with E-state index >= 15 is 0 Å². The number of para-hydroxylation sites is 1. The molecule has 0 unspecified atom stereocenters. The minimum atomic E-state index is -1.11. The van der Waals surface area contributed by atoms with Gasteiger partial charge in [-0.15, -0.1) is 0 Å². The van der Waals surface area contributed by atoms with Crippen molar-refractivity contribution in [2.75, 3.05) is 18.5 Å². The van der Waals surface area contributed by atoms with Gasteiger partial charge < -0.3 is 24.8 Å². The number of hydrogen-bond donors (Lipinski definition) is 2.